The molecule has 0 bridgehead atoms. The number of nitrogens with one attached hydrogen (secondary N) is 2. The lowest BCUT2D eigenvalue weighted by molar-refractivity contribution is -0.111. The molecule has 2 heterocycles. The lowest BCUT2D eigenvalue weighted by Crippen LogP contribution is -2.23. The molecule has 2 aromatic carbocycles. The van der Waals surface area contributed by atoms with Gasteiger partial charge < -0.3 is 25.0 Å². The normalized spacial score (nSPS) is 15.3. The second-order valence-electron chi connectivity index (χ2n) is 8.53. The molecule has 8 nitrogen and oxygen atoms in total. The van der Waals surface area contributed by atoms with E-state index >= 15 is 0 Å². The zero-order chi connectivity index (χ0) is 26.2. The van der Waals surface area contributed by atoms with Crippen molar-refractivity contribution in [2.75, 3.05) is 43.5 Å². The largest absolute Gasteiger partial charge is 0.486 e. The average molecular weight is 504 g/mol. The van der Waals surface area contributed by atoms with E-state index in [4.69, 9.17) is 15.9 Å². The number of nitrogens with zero attached hydrogens (tertiary/aromatic N) is 3. The van der Waals surface area contributed by atoms with Gasteiger partial charge in [-0.1, -0.05) is 25.8 Å². The maximum atomic E-state index is 13.9. The van der Waals surface area contributed by atoms with Gasteiger partial charge in [0, 0.05) is 36.2 Å². The van der Waals surface area contributed by atoms with Crippen molar-refractivity contribution in [1.29, 1.82) is 0 Å². The van der Waals surface area contributed by atoms with Crippen LogP contribution >= 0.6 is 0 Å². The van der Waals surface area contributed by atoms with Crippen molar-refractivity contribution in [3.63, 3.8) is 0 Å². The zero-order valence-electron chi connectivity index (χ0n) is 21.0. The number of carbonyl (C=O) groups excluding carboxylic acids is 1. The van der Waals surface area contributed by atoms with Crippen LogP contribution in [0.4, 0.5) is 21.6 Å². The molecule has 1 saturated heterocycles. The predicted octanol–water partition coefficient (Wildman–Crippen LogP) is 4.50. The fourth-order valence-corrected chi connectivity index (χ4v) is 3.98. The van der Waals surface area contributed by atoms with Crippen LogP contribution in [0.1, 0.15) is 25.8 Å². The van der Waals surface area contributed by atoms with E-state index in [2.05, 4.69) is 45.3 Å². The smallest absolute Gasteiger partial charge is 0.248 e. The summed E-state index contributed by atoms with van der Waals surface area (Å²) in [5, 5.41) is 6.75. The van der Waals surface area contributed by atoms with Gasteiger partial charge in [0.25, 0.3) is 0 Å². The summed E-state index contributed by atoms with van der Waals surface area (Å²) in [7, 11) is 0. The Morgan fingerprint density at radius 1 is 1.30 bits per heavy atom. The number of likely N-dealkylation sites (N-methyl/N-ethyl adjacent to an activating group) is 1. The zero-order valence-corrected chi connectivity index (χ0v) is 21.0. The lowest BCUT2D eigenvalue weighted by atomic mass is 10.1. The predicted molar refractivity (Wildman–Crippen MR) is 143 cm³/mol. The van der Waals surface area contributed by atoms with Crippen molar-refractivity contribution in [2.24, 2.45) is 0 Å². The first kappa shape index (κ1) is 26.1. The molecule has 0 spiro atoms. The minimum atomic E-state index is -0.475. The highest BCUT2D eigenvalue weighted by Gasteiger charge is 2.21. The number of amides is 1. The van der Waals surface area contributed by atoms with Crippen molar-refractivity contribution in [2.45, 2.75) is 26.4 Å². The van der Waals surface area contributed by atoms with Crippen LogP contribution < -0.4 is 15.4 Å². The summed E-state index contributed by atoms with van der Waals surface area (Å²) in [6.45, 7) is 7.75. The van der Waals surface area contributed by atoms with E-state index in [0.29, 0.717) is 53.6 Å². The summed E-state index contributed by atoms with van der Waals surface area (Å²) < 4.78 is 25.5. The Hall–Kier alpha value is -4.00. The molecule has 4 rings (SSSR count). The fourth-order valence-electron chi connectivity index (χ4n) is 3.98. The van der Waals surface area contributed by atoms with Crippen LogP contribution in [-0.4, -0.2) is 59.7 Å². The maximum absolute atomic E-state index is 13.9. The molecule has 9 heteroatoms. The van der Waals surface area contributed by atoms with Crippen LogP contribution in [0.5, 0.6) is 5.75 Å². The summed E-state index contributed by atoms with van der Waals surface area (Å²) in [5.41, 5.74) is 1.81. The first-order valence-corrected chi connectivity index (χ1v) is 12.3. The van der Waals surface area contributed by atoms with E-state index in [-0.39, 0.29) is 17.6 Å². The Bertz CT molecular complexity index is 1330. The second-order valence-corrected chi connectivity index (χ2v) is 8.53. The van der Waals surface area contributed by atoms with Crippen LogP contribution in [0.25, 0.3) is 10.9 Å². The van der Waals surface area contributed by atoms with Gasteiger partial charge >= 0.3 is 0 Å². The highest BCUT2D eigenvalue weighted by molar-refractivity contribution is 6.03. The van der Waals surface area contributed by atoms with Gasteiger partial charge in [-0.25, -0.2) is 14.4 Å². The van der Waals surface area contributed by atoms with Gasteiger partial charge in [0.1, 0.15) is 29.8 Å². The molecule has 0 saturated carbocycles. The molecule has 1 aliphatic rings. The number of carbonyl (C=O) groups is 1. The lowest BCUT2D eigenvalue weighted by Gasteiger charge is -2.18. The molecular weight excluding hydrogens is 473 g/mol. The Kier molecular flexibility index (Phi) is 8.67. The van der Waals surface area contributed by atoms with Crippen molar-refractivity contribution in [3.8, 4) is 18.1 Å². The molecule has 0 radical (unpaired) electrons. The van der Waals surface area contributed by atoms with E-state index < -0.39 is 5.82 Å². The summed E-state index contributed by atoms with van der Waals surface area (Å²) in [4.78, 5) is 23.7. The van der Waals surface area contributed by atoms with Gasteiger partial charge in [-0.15, -0.1) is 6.42 Å². The van der Waals surface area contributed by atoms with Crippen molar-refractivity contribution in [3.05, 3.63) is 60.2 Å². The Balaban J connectivity index is 1.65. The molecule has 1 atom stereocenters. The monoisotopic (exact) mass is 503 g/mol. The van der Waals surface area contributed by atoms with Crippen LogP contribution in [0, 0.1) is 18.2 Å². The van der Waals surface area contributed by atoms with E-state index in [1.165, 1.54) is 24.5 Å². The number of ether oxygens (including phenoxy) is 2. The molecule has 37 heavy (non-hydrogen) atoms. The number of hydrogen-bond acceptors (Lipinski definition) is 7. The van der Waals surface area contributed by atoms with Gasteiger partial charge in [-0.05, 0) is 37.4 Å². The molecule has 3 aromatic rings. The molecule has 1 unspecified atom stereocenters. The summed E-state index contributed by atoms with van der Waals surface area (Å²) >= 11 is 0. The average Bonchev–Trinajstić information content (AvgIpc) is 3.41. The first-order valence-electron chi connectivity index (χ1n) is 12.3. The van der Waals surface area contributed by atoms with E-state index in [1.54, 1.807) is 18.2 Å². The quantitative estimate of drug-likeness (QED) is 0.311. The Morgan fingerprint density at radius 3 is 2.86 bits per heavy atom. The fraction of sp³-hybridized carbons (Fsp3) is 0.321. The first-order chi connectivity index (χ1) is 18.0. The molecule has 1 aliphatic heterocycles. The Morgan fingerprint density at radius 2 is 2.14 bits per heavy atom. The highest BCUT2D eigenvalue weighted by atomic mass is 19.1. The Labute approximate surface area is 215 Å². The van der Waals surface area contributed by atoms with Crippen LogP contribution in [0.15, 0.2) is 48.8 Å². The van der Waals surface area contributed by atoms with Crippen molar-refractivity contribution in [1.82, 2.24) is 14.9 Å². The third kappa shape index (κ3) is 6.61. The van der Waals surface area contributed by atoms with Crippen LogP contribution in [0.2, 0.25) is 0 Å². The van der Waals surface area contributed by atoms with Gasteiger partial charge in [0.15, 0.2) is 0 Å². The minimum absolute atomic E-state index is 0.118. The van der Waals surface area contributed by atoms with E-state index in [9.17, 15) is 9.18 Å². The summed E-state index contributed by atoms with van der Waals surface area (Å²) in [5.74, 6) is 2.55. The molecule has 1 fully saturated rings. The summed E-state index contributed by atoms with van der Waals surface area (Å²) in [6.07, 6.45) is 10.8. The molecule has 1 aromatic heterocycles. The molecule has 2 N–H and O–H groups in total. The highest BCUT2D eigenvalue weighted by Crippen LogP contribution is 2.34. The number of rotatable bonds is 10. The third-order valence-corrected chi connectivity index (χ3v) is 6.09. The van der Waals surface area contributed by atoms with Crippen LogP contribution in [0.3, 0.4) is 0 Å². The number of benzene rings is 2. The molecule has 0 aliphatic carbocycles. The second kappa shape index (κ2) is 12.3. The standard InChI is InChI=1S/C28H30FN5O3/c1-4-19-14-20(9-10-23(19)29)32-28-22-15-25(33-27(35)8-7-12-34(5-2)6-3)26(16-24(22)30-18-31-28)37-21-11-13-36-17-21/h1,7-10,14-16,18,21H,5-6,11-13,17H2,2-3H3,(H,33,35)(H,30,31,32). The van der Waals surface area contributed by atoms with Gasteiger partial charge in [-0.2, -0.15) is 0 Å². The number of hydrogen-bond donors (Lipinski definition) is 2. The van der Waals surface area contributed by atoms with Crippen molar-refractivity contribution < 1.29 is 18.7 Å². The number of anilines is 3. The van der Waals surface area contributed by atoms with Gasteiger partial charge in [-0.3, -0.25) is 4.79 Å². The van der Waals surface area contributed by atoms with Crippen molar-refractivity contribution >= 4 is 34.0 Å². The number of halogens is 1. The topological polar surface area (TPSA) is 88.6 Å². The maximum Gasteiger partial charge on any atom is 0.248 e. The summed E-state index contributed by atoms with van der Waals surface area (Å²) in [6, 6.07) is 7.94. The van der Waals surface area contributed by atoms with Gasteiger partial charge in [0.2, 0.25) is 5.91 Å². The molecule has 1 amide bonds. The minimum Gasteiger partial charge on any atom is -0.486 e. The number of terminal acetylenes is 1. The van der Waals surface area contributed by atoms with E-state index in [0.717, 1.165) is 19.5 Å². The molecular formula is C28H30FN5O3. The van der Waals surface area contributed by atoms with Crippen LogP contribution in [-0.2, 0) is 9.53 Å². The van der Waals surface area contributed by atoms with E-state index in [1.807, 2.05) is 6.08 Å². The molecule has 192 valence electrons. The number of fused-ring (bicyclic) bond motifs is 1. The SMILES string of the molecule is C#Cc1cc(Nc2ncnc3cc(OC4CCOC4)c(NC(=O)C=CCN(CC)CC)cc23)ccc1F. The number of aromatic nitrogens is 2. The van der Waals surface area contributed by atoms with Gasteiger partial charge in [0.05, 0.1) is 30.0 Å². The third-order valence-electron chi connectivity index (χ3n) is 6.09.